The Labute approximate surface area is 109 Å². The Morgan fingerprint density at radius 3 is 2.72 bits per heavy atom. The highest BCUT2D eigenvalue weighted by Crippen LogP contribution is 2.25. The molecule has 0 unspecified atom stereocenters. The Hall–Kier alpha value is -1.55. The second-order valence-corrected chi connectivity index (χ2v) is 4.44. The van der Waals surface area contributed by atoms with Crippen molar-refractivity contribution in [3.05, 3.63) is 29.8 Å². The molecular formula is C14H22N2O2. The van der Waals surface area contributed by atoms with E-state index in [0.717, 1.165) is 5.75 Å². The molecule has 0 fully saturated rings. The molecule has 0 aliphatic rings. The molecule has 1 aromatic rings. The first-order valence-corrected chi connectivity index (χ1v) is 6.32. The van der Waals surface area contributed by atoms with Crippen molar-refractivity contribution >= 4 is 5.91 Å². The molecule has 0 saturated heterocycles. The number of hydrogen-bond acceptors (Lipinski definition) is 3. The molecule has 0 heterocycles. The molecule has 4 nitrogen and oxygen atoms in total. The number of hydrazine groups is 1. The summed E-state index contributed by atoms with van der Waals surface area (Å²) in [5.41, 5.74) is 6.34. The number of nitrogens with one attached hydrogen (secondary N) is 2. The summed E-state index contributed by atoms with van der Waals surface area (Å²) in [5.74, 6) is 1.34. The van der Waals surface area contributed by atoms with Gasteiger partial charge in [0, 0.05) is 13.5 Å². The van der Waals surface area contributed by atoms with Gasteiger partial charge in [-0.15, -0.1) is 0 Å². The van der Waals surface area contributed by atoms with E-state index in [1.165, 1.54) is 5.56 Å². The van der Waals surface area contributed by atoms with Crippen molar-refractivity contribution in [3.63, 3.8) is 0 Å². The van der Waals surface area contributed by atoms with Crippen LogP contribution in [0.4, 0.5) is 0 Å². The van der Waals surface area contributed by atoms with Gasteiger partial charge in [-0.05, 0) is 24.0 Å². The highest BCUT2D eigenvalue weighted by molar-refractivity contribution is 5.75. The van der Waals surface area contributed by atoms with Crippen LogP contribution < -0.4 is 15.6 Å². The van der Waals surface area contributed by atoms with Gasteiger partial charge in [-0.3, -0.25) is 10.2 Å². The molecule has 0 aliphatic heterocycles. The molecule has 100 valence electrons. The number of rotatable bonds is 7. The van der Waals surface area contributed by atoms with Crippen molar-refractivity contribution in [1.29, 1.82) is 0 Å². The van der Waals surface area contributed by atoms with Crippen LogP contribution in [0.3, 0.4) is 0 Å². The van der Waals surface area contributed by atoms with Crippen LogP contribution in [0.5, 0.6) is 5.75 Å². The van der Waals surface area contributed by atoms with Gasteiger partial charge in [-0.25, -0.2) is 5.43 Å². The first kappa shape index (κ1) is 14.5. The molecule has 4 heteroatoms. The van der Waals surface area contributed by atoms with E-state index in [9.17, 15) is 4.79 Å². The molecule has 1 rings (SSSR count). The number of para-hydroxylation sites is 1. The van der Waals surface area contributed by atoms with Crippen LogP contribution in [0.2, 0.25) is 0 Å². The minimum atomic E-state index is -0.0155. The van der Waals surface area contributed by atoms with Crippen molar-refractivity contribution in [1.82, 2.24) is 10.9 Å². The zero-order valence-corrected chi connectivity index (χ0v) is 11.3. The zero-order valence-electron chi connectivity index (χ0n) is 11.3. The molecule has 2 N–H and O–H groups in total. The van der Waals surface area contributed by atoms with Gasteiger partial charge in [0.05, 0.1) is 6.61 Å². The lowest BCUT2D eigenvalue weighted by Gasteiger charge is -2.13. The van der Waals surface area contributed by atoms with Crippen molar-refractivity contribution in [2.24, 2.45) is 0 Å². The van der Waals surface area contributed by atoms with Gasteiger partial charge in [0.2, 0.25) is 5.91 Å². The molecule has 0 aromatic heterocycles. The first-order valence-electron chi connectivity index (χ1n) is 6.32. The number of carbonyl (C=O) groups excluding carboxylic acids is 1. The van der Waals surface area contributed by atoms with Crippen molar-refractivity contribution in [2.45, 2.75) is 32.6 Å². The Bertz CT molecular complexity index is 378. The van der Waals surface area contributed by atoms with Crippen LogP contribution in [0.1, 0.15) is 38.2 Å². The summed E-state index contributed by atoms with van der Waals surface area (Å²) < 4.78 is 5.73. The lowest BCUT2D eigenvalue weighted by atomic mass is 10.0. The fourth-order valence-electron chi connectivity index (χ4n) is 1.71. The number of amides is 1. The summed E-state index contributed by atoms with van der Waals surface area (Å²) >= 11 is 0. The second-order valence-electron chi connectivity index (χ2n) is 4.44. The predicted molar refractivity (Wildman–Crippen MR) is 72.5 cm³/mol. The Kier molecular flexibility index (Phi) is 6.22. The fourth-order valence-corrected chi connectivity index (χ4v) is 1.71. The van der Waals surface area contributed by atoms with E-state index < -0.39 is 0 Å². The van der Waals surface area contributed by atoms with Gasteiger partial charge in [-0.1, -0.05) is 32.0 Å². The molecule has 0 bridgehead atoms. The van der Waals surface area contributed by atoms with E-state index >= 15 is 0 Å². The SMILES string of the molecule is CNNC(=O)CCCOc1ccccc1C(C)C. The minimum absolute atomic E-state index is 0.0155. The van der Waals surface area contributed by atoms with Gasteiger partial charge in [0.1, 0.15) is 5.75 Å². The van der Waals surface area contributed by atoms with Crippen LogP contribution in [-0.2, 0) is 4.79 Å². The van der Waals surface area contributed by atoms with Crippen molar-refractivity contribution < 1.29 is 9.53 Å². The van der Waals surface area contributed by atoms with E-state index in [-0.39, 0.29) is 5.91 Å². The molecule has 1 amide bonds. The smallest absolute Gasteiger partial charge is 0.234 e. The normalized spacial score (nSPS) is 10.4. The maximum Gasteiger partial charge on any atom is 0.234 e. The average molecular weight is 250 g/mol. The summed E-state index contributed by atoms with van der Waals surface area (Å²) in [4.78, 5) is 11.2. The van der Waals surface area contributed by atoms with Crippen LogP contribution in [-0.4, -0.2) is 19.6 Å². The molecule has 1 aromatic carbocycles. The highest BCUT2D eigenvalue weighted by Gasteiger charge is 2.06. The Morgan fingerprint density at radius 1 is 1.33 bits per heavy atom. The van der Waals surface area contributed by atoms with Gasteiger partial charge in [-0.2, -0.15) is 0 Å². The molecular weight excluding hydrogens is 228 g/mol. The number of benzene rings is 1. The average Bonchev–Trinajstić information content (AvgIpc) is 2.35. The standard InChI is InChI=1S/C14H22N2O2/c1-11(2)12-7-4-5-8-13(12)18-10-6-9-14(17)16-15-3/h4-5,7-8,11,15H,6,9-10H2,1-3H3,(H,16,17). The van der Waals surface area contributed by atoms with E-state index in [4.69, 9.17) is 4.74 Å². The summed E-state index contributed by atoms with van der Waals surface area (Å²) in [7, 11) is 1.67. The lowest BCUT2D eigenvalue weighted by Crippen LogP contribution is -2.34. The number of carbonyl (C=O) groups is 1. The van der Waals surface area contributed by atoms with Crippen LogP contribution in [0, 0.1) is 0 Å². The third-order valence-corrected chi connectivity index (χ3v) is 2.61. The highest BCUT2D eigenvalue weighted by atomic mass is 16.5. The third-order valence-electron chi connectivity index (χ3n) is 2.61. The van der Waals surface area contributed by atoms with E-state index in [0.29, 0.717) is 25.4 Å². The van der Waals surface area contributed by atoms with Crippen molar-refractivity contribution in [2.75, 3.05) is 13.7 Å². The van der Waals surface area contributed by atoms with E-state index in [1.54, 1.807) is 7.05 Å². The summed E-state index contributed by atoms with van der Waals surface area (Å²) in [6, 6.07) is 8.04. The van der Waals surface area contributed by atoms with Gasteiger partial charge in [0.15, 0.2) is 0 Å². The maximum absolute atomic E-state index is 11.2. The van der Waals surface area contributed by atoms with Crippen molar-refractivity contribution in [3.8, 4) is 5.75 Å². The topological polar surface area (TPSA) is 50.4 Å². The summed E-state index contributed by atoms with van der Waals surface area (Å²) in [6.45, 7) is 4.84. The number of ether oxygens (including phenoxy) is 1. The monoisotopic (exact) mass is 250 g/mol. The fraction of sp³-hybridized carbons (Fsp3) is 0.500. The molecule has 0 radical (unpaired) electrons. The molecule has 0 saturated carbocycles. The second kappa shape index (κ2) is 7.71. The van der Waals surface area contributed by atoms with Crippen LogP contribution in [0.15, 0.2) is 24.3 Å². The molecule has 0 spiro atoms. The molecule has 0 aliphatic carbocycles. The van der Waals surface area contributed by atoms with Gasteiger partial charge in [0.25, 0.3) is 0 Å². The maximum atomic E-state index is 11.2. The lowest BCUT2D eigenvalue weighted by molar-refractivity contribution is -0.122. The summed E-state index contributed by atoms with van der Waals surface area (Å²) in [5, 5.41) is 0. The molecule has 18 heavy (non-hydrogen) atoms. The summed E-state index contributed by atoms with van der Waals surface area (Å²) in [6.07, 6.45) is 1.17. The molecule has 0 atom stereocenters. The Morgan fingerprint density at radius 2 is 2.06 bits per heavy atom. The van der Waals surface area contributed by atoms with Crippen LogP contribution in [0.25, 0.3) is 0 Å². The minimum Gasteiger partial charge on any atom is -0.493 e. The quantitative estimate of drug-likeness (QED) is 0.576. The van der Waals surface area contributed by atoms with E-state index in [2.05, 4.69) is 30.8 Å². The number of hydrogen-bond donors (Lipinski definition) is 2. The predicted octanol–water partition coefficient (Wildman–Crippen LogP) is 2.22. The van der Waals surface area contributed by atoms with Gasteiger partial charge >= 0.3 is 0 Å². The van der Waals surface area contributed by atoms with Crippen LogP contribution >= 0.6 is 0 Å². The largest absolute Gasteiger partial charge is 0.493 e. The van der Waals surface area contributed by atoms with E-state index in [1.807, 2.05) is 18.2 Å². The third kappa shape index (κ3) is 4.75. The van der Waals surface area contributed by atoms with Gasteiger partial charge < -0.3 is 4.74 Å². The Balaban J connectivity index is 2.37. The first-order chi connectivity index (χ1) is 8.65. The zero-order chi connectivity index (χ0) is 13.4.